The molecule has 0 aliphatic carbocycles. The molecule has 4 heteroatoms. The molecule has 22 heavy (non-hydrogen) atoms. The van der Waals surface area contributed by atoms with Gasteiger partial charge in [0.25, 0.3) is 5.91 Å². The maximum atomic E-state index is 12.4. The highest BCUT2D eigenvalue weighted by atomic mass is 16.7. The van der Waals surface area contributed by atoms with Gasteiger partial charge in [-0.2, -0.15) is 0 Å². The second kappa shape index (κ2) is 5.37. The summed E-state index contributed by atoms with van der Waals surface area (Å²) >= 11 is 0. The summed E-state index contributed by atoms with van der Waals surface area (Å²) in [4.78, 5) is 12.4. The van der Waals surface area contributed by atoms with Gasteiger partial charge in [-0.05, 0) is 35.2 Å². The molecule has 2 aromatic carbocycles. The Bertz CT molecular complexity index is 699. The van der Waals surface area contributed by atoms with E-state index in [1.54, 1.807) is 6.07 Å². The van der Waals surface area contributed by atoms with Gasteiger partial charge in [0.2, 0.25) is 6.79 Å². The molecule has 3 rings (SSSR count). The van der Waals surface area contributed by atoms with Crippen molar-refractivity contribution < 1.29 is 14.3 Å². The molecular formula is C18H19NO3. The first-order valence-electron chi connectivity index (χ1n) is 7.26. The highest BCUT2D eigenvalue weighted by Crippen LogP contribution is 2.39. The Morgan fingerprint density at radius 3 is 2.45 bits per heavy atom. The number of hydrogen-bond donors (Lipinski definition) is 1. The van der Waals surface area contributed by atoms with Crippen molar-refractivity contribution in [1.29, 1.82) is 0 Å². The minimum absolute atomic E-state index is 0.0699. The molecule has 2 aromatic rings. The van der Waals surface area contributed by atoms with Crippen LogP contribution >= 0.6 is 0 Å². The SMILES string of the molecule is CC(C)(C)c1ccc(C(=O)Nc2cccc3c2OCO3)cc1. The number of hydrogen-bond acceptors (Lipinski definition) is 3. The molecule has 114 valence electrons. The zero-order valence-corrected chi connectivity index (χ0v) is 13.0. The number of carbonyl (C=O) groups is 1. The molecule has 0 atom stereocenters. The number of rotatable bonds is 2. The van der Waals surface area contributed by atoms with Crippen LogP contribution in [0.4, 0.5) is 5.69 Å². The lowest BCUT2D eigenvalue weighted by molar-refractivity contribution is 0.102. The summed E-state index contributed by atoms with van der Waals surface area (Å²) < 4.78 is 10.7. The van der Waals surface area contributed by atoms with Crippen molar-refractivity contribution in [1.82, 2.24) is 0 Å². The highest BCUT2D eigenvalue weighted by molar-refractivity contribution is 6.05. The molecule has 0 saturated carbocycles. The number of nitrogens with one attached hydrogen (secondary N) is 1. The number of anilines is 1. The first-order valence-corrected chi connectivity index (χ1v) is 7.26. The summed E-state index contributed by atoms with van der Waals surface area (Å²) in [5.41, 5.74) is 2.51. The minimum atomic E-state index is -0.163. The summed E-state index contributed by atoms with van der Waals surface area (Å²) in [5, 5.41) is 2.87. The number of carbonyl (C=O) groups excluding carboxylic acids is 1. The van der Waals surface area contributed by atoms with Crippen LogP contribution < -0.4 is 14.8 Å². The zero-order valence-electron chi connectivity index (χ0n) is 13.0. The van der Waals surface area contributed by atoms with Gasteiger partial charge in [-0.15, -0.1) is 0 Å². The van der Waals surface area contributed by atoms with E-state index in [9.17, 15) is 4.79 Å². The van der Waals surface area contributed by atoms with E-state index in [-0.39, 0.29) is 18.1 Å². The normalized spacial score (nSPS) is 13.0. The second-order valence-corrected chi connectivity index (χ2v) is 6.32. The summed E-state index contributed by atoms with van der Waals surface area (Å²) in [7, 11) is 0. The van der Waals surface area contributed by atoms with Crippen LogP contribution in [0.2, 0.25) is 0 Å². The lowest BCUT2D eigenvalue weighted by Crippen LogP contribution is -2.14. The first kappa shape index (κ1) is 14.4. The molecule has 1 N–H and O–H groups in total. The molecule has 0 radical (unpaired) electrons. The second-order valence-electron chi connectivity index (χ2n) is 6.32. The van der Waals surface area contributed by atoms with E-state index in [0.717, 1.165) is 0 Å². The molecule has 1 aliphatic rings. The fraction of sp³-hybridized carbons (Fsp3) is 0.278. The number of fused-ring (bicyclic) bond motifs is 1. The monoisotopic (exact) mass is 297 g/mol. The van der Waals surface area contributed by atoms with Gasteiger partial charge in [-0.1, -0.05) is 39.0 Å². The Morgan fingerprint density at radius 2 is 1.77 bits per heavy atom. The van der Waals surface area contributed by atoms with Crippen molar-refractivity contribution in [3.8, 4) is 11.5 Å². The Balaban J connectivity index is 1.79. The van der Waals surface area contributed by atoms with Crippen LogP contribution in [0.15, 0.2) is 42.5 Å². The summed E-state index contributed by atoms with van der Waals surface area (Å²) in [6, 6.07) is 13.1. The summed E-state index contributed by atoms with van der Waals surface area (Å²) in [6.45, 7) is 6.62. The molecule has 0 fully saturated rings. The van der Waals surface area contributed by atoms with E-state index < -0.39 is 0 Å². The van der Waals surface area contributed by atoms with E-state index in [0.29, 0.717) is 22.7 Å². The third kappa shape index (κ3) is 2.77. The van der Waals surface area contributed by atoms with Gasteiger partial charge in [0.15, 0.2) is 11.5 Å². The predicted molar refractivity (Wildman–Crippen MR) is 85.7 cm³/mol. The van der Waals surface area contributed by atoms with Gasteiger partial charge < -0.3 is 14.8 Å². The fourth-order valence-corrected chi connectivity index (χ4v) is 2.34. The average molecular weight is 297 g/mol. The largest absolute Gasteiger partial charge is 0.454 e. The Kier molecular flexibility index (Phi) is 3.53. The van der Waals surface area contributed by atoms with Gasteiger partial charge in [-0.3, -0.25) is 4.79 Å². The molecule has 4 nitrogen and oxygen atoms in total. The fourth-order valence-electron chi connectivity index (χ4n) is 2.34. The maximum Gasteiger partial charge on any atom is 0.255 e. The third-order valence-electron chi connectivity index (χ3n) is 3.66. The molecule has 1 heterocycles. The van der Waals surface area contributed by atoms with E-state index in [2.05, 4.69) is 26.1 Å². The van der Waals surface area contributed by atoms with Gasteiger partial charge in [0.05, 0.1) is 5.69 Å². The molecule has 0 spiro atoms. The van der Waals surface area contributed by atoms with Crippen LogP contribution in [0.1, 0.15) is 36.7 Å². The van der Waals surface area contributed by atoms with Gasteiger partial charge in [-0.25, -0.2) is 0 Å². The average Bonchev–Trinajstić information content (AvgIpc) is 2.96. The van der Waals surface area contributed by atoms with E-state index >= 15 is 0 Å². The van der Waals surface area contributed by atoms with Crippen molar-refractivity contribution in [2.75, 3.05) is 12.1 Å². The van der Waals surface area contributed by atoms with E-state index in [1.165, 1.54) is 5.56 Å². The van der Waals surface area contributed by atoms with Gasteiger partial charge in [0.1, 0.15) is 0 Å². The lowest BCUT2D eigenvalue weighted by Gasteiger charge is -2.19. The number of amides is 1. The van der Waals surface area contributed by atoms with Crippen molar-refractivity contribution in [3.63, 3.8) is 0 Å². The predicted octanol–water partition coefficient (Wildman–Crippen LogP) is 3.97. The number of ether oxygens (including phenoxy) is 2. The van der Waals surface area contributed by atoms with E-state index in [1.807, 2.05) is 36.4 Å². The zero-order chi connectivity index (χ0) is 15.7. The van der Waals surface area contributed by atoms with Crippen molar-refractivity contribution in [2.24, 2.45) is 0 Å². The summed E-state index contributed by atoms with van der Waals surface area (Å²) in [6.07, 6.45) is 0. The maximum absolute atomic E-state index is 12.4. The Labute approximate surface area is 130 Å². The standard InChI is InChI=1S/C18H19NO3/c1-18(2,3)13-9-7-12(8-10-13)17(20)19-14-5-4-6-15-16(14)22-11-21-15/h4-10H,11H2,1-3H3,(H,19,20). The van der Waals surface area contributed by atoms with Crippen molar-refractivity contribution in [2.45, 2.75) is 26.2 Å². The van der Waals surface area contributed by atoms with Crippen LogP contribution in [-0.2, 0) is 5.41 Å². The Hall–Kier alpha value is -2.49. The van der Waals surface area contributed by atoms with Crippen LogP contribution in [0.3, 0.4) is 0 Å². The molecule has 1 amide bonds. The van der Waals surface area contributed by atoms with Crippen LogP contribution in [0, 0.1) is 0 Å². The van der Waals surface area contributed by atoms with Crippen LogP contribution in [-0.4, -0.2) is 12.7 Å². The molecular weight excluding hydrogens is 278 g/mol. The molecule has 0 saturated heterocycles. The summed E-state index contributed by atoms with van der Waals surface area (Å²) in [5.74, 6) is 1.08. The van der Waals surface area contributed by atoms with Gasteiger partial charge in [0, 0.05) is 5.56 Å². The Morgan fingerprint density at radius 1 is 1.05 bits per heavy atom. The first-order chi connectivity index (χ1) is 10.4. The quantitative estimate of drug-likeness (QED) is 0.912. The highest BCUT2D eigenvalue weighted by Gasteiger charge is 2.19. The number of benzene rings is 2. The topological polar surface area (TPSA) is 47.6 Å². The molecule has 0 aromatic heterocycles. The smallest absolute Gasteiger partial charge is 0.255 e. The molecule has 1 aliphatic heterocycles. The van der Waals surface area contributed by atoms with Crippen molar-refractivity contribution in [3.05, 3.63) is 53.6 Å². The number of para-hydroxylation sites is 1. The minimum Gasteiger partial charge on any atom is -0.454 e. The molecule has 0 bridgehead atoms. The molecule has 0 unspecified atom stereocenters. The van der Waals surface area contributed by atoms with Gasteiger partial charge >= 0.3 is 0 Å². The third-order valence-corrected chi connectivity index (χ3v) is 3.66. The van der Waals surface area contributed by atoms with Crippen LogP contribution in [0.5, 0.6) is 11.5 Å². The van der Waals surface area contributed by atoms with E-state index in [4.69, 9.17) is 9.47 Å². The van der Waals surface area contributed by atoms with Crippen LogP contribution in [0.25, 0.3) is 0 Å². The lowest BCUT2D eigenvalue weighted by atomic mass is 9.87. The van der Waals surface area contributed by atoms with Crippen molar-refractivity contribution >= 4 is 11.6 Å².